The van der Waals surface area contributed by atoms with E-state index in [4.69, 9.17) is 0 Å². The second-order valence-electron chi connectivity index (χ2n) is 8.53. The number of hydrogen-bond acceptors (Lipinski definition) is 6. The number of nitriles is 1. The molecule has 1 heterocycles. The summed E-state index contributed by atoms with van der Waals surface area (Å²) in [5.41, 5.74) is 0.923. The topological polar surface area (TPSA) is 130 Å². The molecule has 4 rings (SSSR count). The molecule has 2 saturated carbocycles. The van der Waals surface area contributed by atoms with E-state index in [1.165, 1.54) is 6.42 Å². The Morgan fingerprint density at radius 2 is 1.90 bits per heavy atom. The van der Waals surface area contributed by atoms with Crippen LogP contribution in [0.1, 0.15) is 67.0 Å². The fourth-order valence-corrected chi connectivity index (χ4v) is 4.73. The molecule has 1 unspecified atom stereocenters. The summed E-state index contributed by atoms with van der Waals surface area (Å²) in [5, 5.41) is 21.1. The zero-order valence-corrected chi connectivity index (χ0v) is 18.2. The first-order chi connectivity index (χ1) is 14.8. The summed E-state index contributed by atoms with van der Waals surface area (Å²) in [6, 6.07) is 8.33. The van der Waals surface area contributed by atoms with Crippen LogP contribution in [0.5, 0.6) is 0 Å². The Labute approximate surface area is 181 Å². The molecule has 1 atom stereocenters. The number of hydrogen-bond donors (Lipinski definition) is 2. The lowest BCUT2D eigenvalue weighted by atomic mass is 9.82. The van der Waals surface area contributed by atoms with Crippen LogP contribution in [0.25, 0.3) is 0 Å². The average Bonchev–Trinajstić information content (AvgIpc) is 3.40. The van der Waals surface area contributed by atoms with Crippen molar-refractivity contribution in [2.45, 2.75) is 56.5 Å². The highest BCUT2D eigenvalue weighted by atomic mass is 32.2. The number of aromatic nitrogens is 3. The van der Waals surface area contributed by atoms with Crippen molar-refractivity contribution >= 4 is 21.6 Å². The van der Waals surface area contributed by atoms with E-state index < -0.39 is 15.6 Å². The van der Waals surface area contributed by atoms with Gasteiger partial charge in [0.2, 0.25) is 10.0 Å². The highest BCUT2D eigenvalue weighted by molar-refractivity contribution is 7.92. The van der Waals surface area contributed by atoms with Crippen LogP contribution < -0.4 is 10.0 Å². The van der Waals surface area contributed by atoms with E-state index in [-0.39, 0.29) is 17.9 Å². The normalized spacial score (nSPS) is 19.2. The maximum atomic E-state index is 13.0. The zero-order chi connectivity index (χ0) is 22.1. The first-order valence-corrected chi connectivity index (χ1v) is 12.4. The van der Waals surface area contributed by atoms with E-state index in [1.54, 1.807) is 35.1 Å². The van der Waals surface area contributed by atoms with Gasteiger partial charge in [0.15, 0.2) is 5.54 Å². The molecule has 0 radical (unpaired) electrons. The molecule has 2 fully saturated rings. The van der Waals surface area contributed by atoms with Gasteiger partial charge in [-0.1, -0.05) is 24.5 Å². The van der Waals surface area contributed by atoms with Crippen LogP contribution in [-0.4, -0.2) is 35.6 Å². The van der Waals surface area contributed by atoms with Gasteiger partial charge in [-0.25, -0.2) is 13.1 Å². The van der Waals surface area contributed by atoms with Gasteiger partial charge in [-0.2, -0.15) is 5.26 Å². The molecular weight excluding hydrogens is 416 g/mol. The Morgan fingerprint density at radius 3 is 2.48 bits per heavy atom. The second kappa shape index (κ2) is 8.30. The Bertz CT molecular complexity index is 1090. The van der Waals surface area contributed by atoms with Gasteiger partial charge in [0.1, 0.15) is 5.69 Å². The number of carbonyl (C=O) groups is 1. The fourth-order valence-electron chi connectivity index (χ4n) is 4.17. The van der Waals surface area contributed by atoms with Crippen LogP contribution in [0.2, 0.25) is 0 Å². The Balaban J connectivity index is 1.54. The number of nitrogens with zero attached hydrogens (tertiary/aromatic N) is 4. The molecule has 164 valence electrons. The third kappa shape index (κ3) is 4.88. The molecule has 1 aromatic carbocycles. The van der Waals surface area contributed by atoms with Crippen molar-refractivity contribution in [1.29, 1.82) is 5.26 Å². The van der Waals surface area contributed by atoms with Gasteiger partial charge in [0.25, 0.3) is 5.91 Å². The Morgan fingerprint density at radius 1 is 1.23 bits per heavy atom. The quantitative estimate of drug-likeness (QED) is 0.678. The lowest BCUT2D eigenvalue weighted by molar-refractivity contribution is 0.0911. The largest absolute Gasteiger partial charge is 0.343 e. The van der Waals surface area contributed by atoms with E-state index >= 15 is 0 Å². The summed E-state index contributed by atoms with van der Waals surface area (Å²) in [4.78, 5) is 13.0. The second-order valence-corrected chi connectivity index (χ2v) is 10.3. The predicted octanol–water partition coefficient (Wildman–Crippen LogP) is 2.71. The molecule has 2 N–H and O–H groups in total. The monoisotopic (exact) mass is 442 g/mol. The summed E-state index contributed by atoms with van der Waals surface area (Å²) in [5.74, 6) is 0.00344. The lowest BCUT2D eigenvalue weighted by Gasteiger charge is -2.29. The molecule has 31 heavy (non-hydrogen) atoms. The number of sulfonamides is 1. The summed E-state index contributed by atoms with van der Waals surface area (Å²) >= 11 is 0. The highest BCUT2D eigenvalue weighted by Gasteiger charge is 2.47. The molecule has 2 aliphatic carbocycles. The number of nitrogens with one attached hydrogen (secondary N) is 2. The molecule has 0 aliphatic heterocycles. The highest BCUT2D eigenvalue weighted by Crippen LogP contribution is 2.43. The Kier molecular flexibility index (Phi) is 5.71. The molecular formula is C21H26N6O3S. The van der Waals surface area contributed by atoms with E-state index in [1.807, 2.05) is 0 Å². The minimum atomic E-state index is -3.38. The number of benzene rings is 1. The van der Waals surface area contributed by atoms with Crippen LogP contribution in [0.3, 0.4) is 0 Å². The smallest absolute Gasteiger partial charge is 0.251 e. The van der Waals surface area contributed by atoms with Crippen LogP contribution in [-0.2, 0) is 15.6 Å². The SMILES string of the molecule is CS(=O)(=O)Nc1ccc(C(=O)NC(c2cn(C3(C#N)CC3)nn2)C2CCCCC2)cc1. The Hall–Kier alpha value is -2.93. The van der Waals surface area contributed by atoms with Crippen LogP contribution in [0.15, 0.2) is 30.5 Å². The third-order valence-electron chi connectivity index (χ3n) is 6.06. The average molecular weight is 443 g/mol. The molecule has 0 spiro atoms. The van der Waals surface area contributed by atoms with Crippen molar-refractivity contribution in [2.75, 3.05) is 11.0 Å². The van der Waals surface area contributed by atoms with Crippen molar-refractivity contribution in [2.24, 2.45) is 5.92 Å². The molecule has 2 aromatic rings. The number of rotatable bonds is 7. The molecule has 0 bridgehead atoms. The zero-order valence-electron chi connectivity index (χ0n) is 17.4. The lowest BCUT2D eigenvalue weighted by Crippen LogP contribution is -2.34. The summed E-state index contributed by atoms with van der Waals surface area (Å²) in [6.45, 7) is 0. The van der Waals surface area contributed by atoms with Crippen molar-refractivity contribution < 1.29 is 13.2 Å². The van der Waals surface area contributed by atoms with Crippen molar-refractivity contribution in [3.8, 4) is 6.07 Å². The van der Waals surface area contributed by atoms with Gasteiger partial charge in [0, 0.05) is 11.3 Å². The maximum absolute atomic E-state index is 13.0. The summed E-state index contributed by atoms with van der Waals surface area (Å²) in [7, 11) is -3.38. The van der Waals surface area contributed by atoms with E-state index in [9.17, 15) is 18.5 Å². The number of carbonyl (C=O) groups excluding carboxylic acids is 1. The first-order valence-electron chi connectivity index (χ1n) is 10.5. The molecule has 1 aromatic heterocycles. The molecule has 0 saturated heterocycles. The van der Waals surface area contributed by atoms with Gasteiger partial charge >= 0.3 is 0 Å². The van der Waals surface area contributed by atoms with Crippen LogP contribution >= 0.6 is 0 Å². The molecule has 2 aliphatic rings. The van der Waals surface area contributed by atoms with E-state index in [0.29, 0.717) is 16.9 Å². The summed E-state index contributed by atoms with van der Waals surface area (Å²) < 4.78 is 26.8. The van der Waals surface area contributed by atoms with Gasteiger partial charge in [-0.05, 0) is 55.9 Å². The van der Waals surface area contributed by atoms with Crippen LogP contribution in [0.4, 0.5) is 5.69 Å². The van der Waals surface area contributed by atoms with E-state index in [2.05, 4.69) is 26.4 Å². The van der Waals surface area contributed by atoms with Gasteiger partial charge in [-0.15, -0.1) is 5.10 Å². The maximum Gasteiger partial charge on any atom is 0.251 e. The van der Waals surface area contributed by atoms with Crippen molar-refractivity contribution in [1.82, 2.24) is 20.3 Å². The van der Waals surface area contributed by atoms with E-state index in [0.717, 1.165) is 44.8 Å². The van der Waals surface area contributed by atoms with Gasteiger partial charge in [-0.3, -0.25) is 9.52 Å². The molecule has 10 heteroatoms. The van der Waals surface area contributed by atoms with Gasteiger partial charge < -0.3 is 5.32 Å². The third-order valence-corrected chi connectivity index (χ3v) is 6.66. The fraction of sp³-hybridized carbons (Fsp3) is 0.524. The minimum Gasteiger partial charge on any atom is -0.343 e. The number of anilines is 1. The number of amides is 1. The molecule has 1 amide bonds. The standard InChI is InChI=1S/C21H26N6O3S/c1-31(29,30)25-17-9-7-16(8-10-17)20(28)23-19(15-5-3-2-4-6-15)18-13-27(26-24-18)21(14-22)11-12-21/h7-10,13,15,19,25H,2-6,11-12H2,1H3,(H,23,28). The summed E-state index contributed by atoms with van der Waals surface area (Å²) in [6.07, 6.45) is 9.81. The van der Waals surface area contributed by atoms with Crippen molar-refractivity contribution in [3.05, 3.63) is 41.7 Å². The van der Waals surface area contributed by atoms with Crippen LogP contribution in [0, 0.1) is 17.2 Å². The first kappa shape index (κ1) is 21.3. The van der Waals surface area contributed by atoms with Crippen molar-refractivity contribution in [3.63, 3.8) is 0 Å². The molecule has 9 nitrogen and oxygen atoms in total. The predicted molar refractivity (Wildman–Crippen MR) is 115 cm³/mol. The van der Waals surface area contributed by atoms with Gasteiger partial charge in [0.05, 0.1) is 24.6 Å². The minimum absolute atomic E-state index is 0.252.